The third kappa shape index (κ3) is 2.22. The number of para-hydroxylation sites is 1. The molecule has 19 heavy (non-hydrogen) atoms. The maximum Gasteiger partial charge on any atom is 0.334 e. The van der Waals surface area contributed by atoms with Gasteiger partial charge in [-0.1, -0.05) is 24.8 Å². The summed E-state index contributed by atoms with van der Waals surface area (Å²) in [6.07, 6.45) is 1.98. The van der Waals surface area contributed by atoms with Crippen LogP contribution in [0.2, 0.25) is 0 Å². The molecule has 1 amide bonds. The number of carbonyl (C=O) groups excluding carboxylic acids is 1. The fourth-order valence-electron chi connectivity index (χ4n) is 1.65. The smallest absolute Gasteiger partial charge is 0.334 e. The predicted octanol–water partition coefficient (Wildman–Crippen LogP) is 2.56. The molecule has 2 heterocycles. The molecule has 0 unspecified atom stereocenters. The standard InChI is InChI=1S/C13H10N2O3S/c1-9-11(16)15(13-17-7-8-18-13)12(19-9)14-10-5-3-2-4-6-10/h2-8,13H,1H2. The molecule has 1 aromatic carbocycles. The first-order chi connectivity index (χ1) is 9.25. The Balaban J connectivity index is 1.92. The summed E-state index contributed by atoms with van der Waals surface area (Å²) >= 11 is 1.21. The van der Waals surface area contributed by atoms with E-state index >= 15 is 0 Å². The van der Waals surface area contributed by atoms with E-state index in [1.54, 1.807) is 0 Å². The van der Waals surface area contributed by atoms with Crippen molar-refractivity contribution in [2.75, 3.05) is 0 Å². The number of carbonyl (C=O) groups is 1. The van der Waals surface area contributed by atoms with Crippen molar-refractivity contribution in [1.29, 1.82) is 0 Å². The zero-order valence-corrected chi connectivity index (χ0v) is 10.7. The van der Waals surface area contributed by atoms with Gasteiger partial charge in [-0.15, -0.1) is 0 Å². The van der Waals surface area contributed by atoms with E-state index in [4.69, 9.17) is 9.47 Å². The molecule has 2 aliphatic rings. The molecule has 2 aliphatic heterocycles. The SMILES string of the molecule is C=C1SC(=Nc2ccccc2)N(C2OC=CO2)C1=O. The van der Waals surface area contributed by atoms with Gasteiger partial charge in [0.1, 0.15) is 12.5 Å². The van der Waals surface area contributed by atoms with Crippen LogP contribution in [0.5, 0.6) is 0 Å². The second kappa shape index (κ2) is 4.81. The van der Waals surface area contributed by atoms with Crippen molar-refractivity contribution in [3.63, 3.8) is 0 Å². The number of ether oxygens (including phenoxy) is 2. The molecule has 0 atom stereocenters. The summed E-state index contributed by atoms with van der Waals surface area (Å²) in [6, 6.07) is 9.37. The minimum atomic E-state index is -0.804. The van der Waals surface area contributed by atoms with Gasteiger partial charge in [0.2, 0.25) is 0 Å². The lowest BCUT2D eigenvalue weighted by Crippen LogP contribution is -2.39. The summed E-state index contributed by atoms with van der Waals surface area (Å²) in [6.45, 7) is 3.71. The number of amides is 1. The maximum atomic E-state index is 12.0. The van der Waals surface area contributed by atoms with Crippen molar-refractivity contribution in [2.24, 2.45) is 4.99 Å². The van der Waals surface area contributed by atoms with Gasteiger partial charge in [0.05, 0.1) is 10.6 Å². The van der Waals surface area contributed by atoms with Crippen LogP contribution in [0.15, 0.2) is 59.3 Å². The first-order valence-electron chi connectivity index (χ1n) is 5.56. The molecular weight excluding hydrogens is 264 g/mol. The third-order valence-corrected chi connectivity index (χ3v) is 3.41. The van der Waals surface area contributed by atoms with Gasteiger partial charge >= 0.3 is 6.41 Å². The normalized spacial score (nSPS) is 21.1. The fourth-order valence-corrected chi connectivity index (χ4v) is 2.48. The summed E-state index contributed by atoms with van der Waals surface area (Å²) in [4.78, 5) is 18.2. The van der Waals surface area contributed by atoms with Gasteiger partial charge in [0, 0.05) is 0 Å². The van der Waals surface area contributed by atoms with Gasteiger partial charge in [-0.2, -0.15) is 0 Å². The number of hydrogen-bond donors (Lipinski definition) is 0. The number of nitrogens with zero attached hydrogens (tertiary/aromatic N) is 2. The summed E-state index contributed by atoms with van der Waals surface area (Å²) in [5.74, 6) is -0.256. The molecule has 0 aromatic heterocycles. The molecule has 0 saturated carbocycles. The largest absolute Gasteiger partial charge is 0.442 e. The Kier molecular flexibility index (Phi) is 3.00. The molecule has 0 aliphatic carbocycles. The van der Waals surface area contributed by atoms with E-state index in [0.717, 1.165) is 5.69 Å². The van der Waals surface area contributed by atoms with Gasteiger partial charge in [-0.05, 0) is 23.9 Å². The Labute approximate surface area is 114 Å². The molecule has 1 saturated heterocycles. The number of thioether (sulfide) groups is 1. The van der Waals surface area contributed by atoms with Crippen LogP contribution < -0.4 is 0 Å². The topological polar surface area (TPSA) is 51.1 Å². The zero-order valence-electron chi connectivity index (χ0n) is 9.85. The second-order valence-electron chi connectivity index (χ2n) is 3.78. The Hall–Kier alpha value is -2.21. The fraction of sp³-hybridized carbons (Fsp3) is 0.0769. The quantitative estimate of drug-likeness (QED) is 0.778. The molecule has 6 heteroatoms. The van der Waals surface area contributed by atoms with Crippen LogP contribution >= 0.6 is 11.8 Å². The average Bonchev–Trinajstić information content (AvgIpc) is 3.01. The highest BCUT2D eigenvalue weighted by atomic mass is 32.2. The number of hydrogen-bond acceptors (Lipinski definition) is 5. The molecule has 1 fully saturated rings. The van der Waals surface area contributed by atoms with Gasteiger partial charge in [0.15, 0.2) is 5.17 Å². The molecular formula is C13H10N2O3S. The lowest BCUT2D eigenvalue weighted by molar-refractivity contribution is -0.148. The van der Waals surface area contributed by atoms with Crippen LogP contribution in [-0.4, -0.2) is 22.4 Å². The van der Waals surface area contributed by atoms with Crippen LogP contribution in [0.4, 0.5) is 5.69 Å². The molecule has 0 spiro atoms. The number of amidine groups is 1. The molecule has 0 N–H and O–H groups in total. The monoisotopic (exact) mass is 274 g/mol. The maximum absolute atomic E-state index is 12.0. The Morgan fingerprint density at radius 1 is 1.21 bits per heavy atom. The highest BCUT2D eigenvalue weighted by Gasteiger charge is 2.40. The minimum Gasteiger partial charge on any atom is -0.442 e. The summed E-state index contributed by atoms with van der Waals surface area (Å²) in [5.41, 5.74) is 0.753. The molecule has 3 rings (SSSR count). The number of rotatable bonds is 2. The van der Waals surface area contributed by atoms with Gasteiger partial charge in [-0.3, -0.25) is 4.79 Å². The van der Waals surface area contributed by atoms with Crippen molar-refractivity contribution < 1.29 is 14.3 Å². The average molecular weight is 274 g/mol. The molecule has 96 valence electrons. The Morgan fingerprint density at radius 2 is 1.89 bits per heavy atom. The number of benzene rings is 1. The Bertz CT molecular complexity index is 575. The second-order valence-corrected chi connectivity index (χ2v) is 4.84. The van der Waals surface area contributed by atoms with Crippen molar-refractivity contribution in [2.45, 2.75) is 6.41 Å². The van der Waals surface area contributed by atoms with E-state index in [9.17, 15) is 4.79 Å². The molecule has 0 radical (unpaired) electrons. The number of aliphatic imine (C=N–C) groups is 1. The van der Waals surface area contributed by atoms with Gasteiger partial charge in [0.25, 0.3) is 5.91 Å². The molecule has 0 bridgehead atoms. The predicted molar refractivity (Wildman–Crippen MR) is 72.2 cm³/mol. The molecule has 1 aromatic rings. The van der Waals surface area contributed by atoms with Crippen molar-refractivity contribution >= 4 is 28.5 Å². The van der Waals surface area contributed by atoms with Crippen LogP contribution in [0.1, 0.15) is 0 Å². The summed E-state index contributed by atoms with van der Waals surface area (Å²) in [5, 5.41) is 0.495. The van der Waals surface area contributed by atoms with Crippen LogP contribution in [0.25, 0.3) is 0 Å². The van der Waals surface area contributed by atoms with E-state index in [0.29, 0.717) is 10.1 Å². The van der Waals surface area contributed by atoms with E-state index in [1.807, 2.05) is 30.3 Å². The summed E-state index contributed by atoms with van der Waals surface area (Å²) < 4.78 is 10.4. The van der Waals surface area contributed by atoms with Crippen molar-refractivity contribution in [1.82, 2.24) is 4.90 Å². The lowest BCUT2D eigenvalue weighted by Gasteiger charge is -2.20. The van der Waals surface area contributed by atoms with E-state index in [1.165, 1.54) is 29.2 Å². The van der Waals surface area contributed by atoms with Crippen LogP contribution in [-0.2, 0) is 14.3 Å². The van der Waals surface area contributed by atoms with E-state index < -0.39 is 6.41 Å². The van der Waals surface area contributed by atoms with E-state index in [2.05, 4.69) is 11.6 Å². The van der Waals surface area contributed by atoms with Gasteiger partial charge < -0.3 is 9.47 Å². The molecule has 5 nitrogen and oxygen atoms in total. The first kappa shape index (κ1) is 11.9. The first-order valence-corrected chi connectivity index (χ1v) is 6.37. The van der Waals surface area contributed by atoms with Gasteiger partial charge in [-0.25, -0.2) is 9.89 Å². The van der Waals surface area contributed by atoms with E-state index in [-0.39, 0.29) is 5.91 Å². The zero-order chi connectivity index (χ0) is 13.2. The highest BCUT2D eigenvalue weighted by molar-refractivity contribution is 8.18. The van der Waals surface area contributed by atoms with Crippen LogP contribution in [0.3, 0.4) is 0 Å². The lowest BCUT2D eigenvalue weighted by atomic mass is 10.3. The van der Waals surface area contributed by atoms with Crippen molar-refractivity contribution in [3.8, 4) is 0 Å². The minimum absolute atomic E-state index is 0.256. The van der Waals surface area contributed by atoms with Crippen LogP contribution in [0, 0.1) is 0 Å². The summed E-state index contributed by atoms with van der Waals surface area (Å²) in [7, 11) is 0. The highest BCUT2D eigenvalue weighted by Crippen LogP contribution is 2.34. The Morgan fingerprint density at radius 3 is 2.58 bits per heavy atom. The third-order valence-electron chi connectivity index (χ3n) is 2.52. The van der Waals surface area contributed by atoms with Crippen molar-refractivity contribution in [3.05, 3.63) is 54.3 Å².